The minimum Gasteiger partial charge on any atom is -0.206 e. The Morgan fingerprint density at radius 2 is 1.93 bits per heavy atom. The van der Waals surface area contributed by atoms with Crippen LogP contribution in [0.15, 0.2) is 21.7 Å². The van der Waals surface area contributed by atoms with Crippen molar-refractivity contribution in [1.82, 2.24) is 0 Å². The van der Waals surface area contributed by atoms with Crippen molar-refractivity contribution in [3.63, 3.8) is 0 Å². The van der Waals surface area contributed by atoms with Crippen LogP contribution in [0, 0.1) is 5.82 Å². The maximum absolute atomic E-state index is 13.2. The molecule has 0 saturated carbocycles. The predicted octanol–water partition coefficient (Wildman–Crippen LogP) is 4.55. The maximum atomic E-state index is 13.2. The average molecular weight is 284 g/mol. The number of rotatable bonds is 1. The third-order valence-corrected chi connectivity index (χ3v) is 2.17. The van der Waals surface area contributed by atoms with E-state index < -0.39 is 27.7 Å². The fourth-order valence-corrected chi connectivity index (χ4v) is 1.46. The molecule has 0 aliphatic rings. The van der Waals surface area contributed by atoms with Gasteiger partial charge in [0.05, 0.1) is 5.69 Å². The zero-order valence-corrected chi connectivity index (χ0v) is 8.47. The summed E-state index contributed by atoms with van der Waals surface area (Å²) in [7, 11) is 0. The molecule has 0 amide bonds. The molecule has 0 N–H and O–H groups in total. The van der Waals surface area contributed by atoms with Gasteiger partial charge in [-0.2, -0.15) is 13.2 Å². The van der Waals surface area contributed by atoms with Crippen molar-refractivity contribution in [2.45, 2.75) is 6.18 Å². The van der Waals surface area contributed by atoms with Crippen LogP contribution < -0.4 is 0 Å². The van der Waals surface area contributed by atoms with Crippen molar-refractivity contribution >= 4 is 21.6 Å². The van der Waals surface area contributed by atoms with Gasteiger partial charge in [0.2, 0.25) is 0 Å². The Labute approximate surface area is 89.5 Å². The number of alkyl halides is 3. The number of azide groups is 1. The summed E-state index contributed by atoms with van der Waals surface area (Å²) in [6, 6.07) is 1.92. The Hall–Kier alpha value is -1.27. The number of hydrogen-bond donors (Lipinski definition) is 0. The first-order valence-electron chi connectivity index (χ1n) is 3.48. The SMILES string of the molecule is [N-]=[N+]=Nc1ccc(Br)c(C(F)(F)F)c1F. The zero-order valence-electron chi connectivity index (χ0n) is 6.89. The van der Waals surface area contributed by atoms with Crippen molar-refractivity contribution in [3.8, 4) is 0 Å². The molecule has 15 heavy (non-hydrogen) atoms. The van der Waals surface area contributed by atoms with Gasteiger partial charge in [0.1, 0.15) is 11.4 Å². The van der Waals surface area contributed by atoms with Crippen molar-refractivity contribution in [2.75, 3.05) is 0 Å². The largest absolute Gasteiger partial charge is 0.420 e. The molecule has 1 rings (SSSR count). The Morgan fingerprint density at radius 1 is 1.33 bits per heavy atom. The highest BCUT2D eigenvalue weighted by Gasteiger charge is 2.37. The highest BCUT2D eigenvalue weighted by atomic mass is 79.9. The van der Waals surface area contributed by atoms with Crippen LogP contribution in [0.25, 0.3) is 10.4 Å². The smallest absolute Gasteiger partial charge is 0.206 e. The fourth-order valence-electron chi connectivity index (χ4n) is 0.927. The summed E-state index contributed by atoms with van der Waals surface area (Å²) >= 11 is 2.57. The first-order chi connectivity index (χ1) is 6.88. The Balaban J connectivity index is 3.50. The minimum absolute atomic E-state index is 0.440. The third kappa shape index (κ3) is 2.40. The topological polar surface area (TPSA) is 48.8 Å². The van der Waals surface area contributed by atoms with Gasteiger partial charge in [-0.15, -0.1) is 0 Å². The molecule has 0 heterocycles. The number of hydrogen-bond acceptors (Lipinski definition) is 1. The summed E-state index contributed by atoms with van der Waals surface area (Å²) in [6.07, 6.45) is -4.84. The Bertz CT molecular complexity index is 437. The molecule has 0 aromatic heterocycles. The molecular formula is C7H2BrF4N3. The lowest BCUT2D eigenvalue weighted by Gasteiger charge is -2.11. The second-order valence-electron chi connectivity index (χ2n) is 2.44. The van der Waals surface area contributed by atoms with E-state index in [4.69, 9.17) is 5.53 Å². The number of benzene rings is 1. The van der Waals surface area contributed by atoms with E-state index in [2.05, 4.69) is 26.0 Å². The van der Waals surface area contributed by atoms with Gasteiger partial charge < -0.3 is 0 Å². The molecule has 0 saturated heterocycles. The van der Waals surface area contributed by atoms with Gasteiger partial charge >= 0.3 is 6.18 Å². The Morgan fingerprint density at radius 3 is 2.40 bits per heavy atom. The molecule has 1 aromatic rings. The van der Waals surface area contributed by atoms with Gasteiger partial charge in [-0.25, -0.2) is 4.39 Å². The van der Waals surface area contributed by atoms with Gasteiger partial charge in [0.25, 0.3) is 0 Å². The van der Waals surface area contributed by atoms with E-state index in [1.54, 1.807) is 0 Å². The van der Waals surface area contributed by atoms with Crippen molar-refractivity contribution in [2.24, 2.45) is 5.11 Å². The maximum Gasteiger partial charge on any atom is 0.420 e. The highest BCUT2D eigenvalue weighted by Crippen LogP contribution is 2.39. The molecule has 0 unspecified atom stereocenters. The van der Waals surface area contributed by atoms with E-state index >= 15 is 0 Å². The molecule has 0 bridgehead atoms. The lowest BCUT2D eigenvalue weighted by molar-refractivity contribution is -0.140. The summed E-state index contributed by atoms with van der Waals surface area (Å²) < 4.78 is 49.7. The molecule has 80 valence electrons. The number of nitrogens with zero attached hydrogens (tertiary/aromatic N) is 3. The van der Waals surface area contributed by atoms with Crippen LogP contribution in [-0.4, -0.2) is 0 Å². The predicted molar refractivity (Wildman–Crippen MR) is 47.9 cm³/mol. The summed E-state index contributed by atoms with van der Waals surface area (Å²) in [5.74, 6) is -1.59. The molecule has 1 aromatic carbocycles. The van der Waals surface area contributed by atoms with Gasteiger partial charge in [-0.1, -0.05) is 21.0 Å². The van der Waals surface area contributed by atoms with Crippen LogP contribution >= 0.6 is 15.9 Å². The summed E-state index contributed by atoms with van der Waals surface area (Å²) in [5, 5.41) is 2.81. The second-order valence-corrected chi connectivity index (χ2v) is 3.30. The summed E-state index contributed by atoms with van der Waals surface area (Å²) in [5.41, 5.74) is 5.84. The second kappa shape index (κ2) is 4.08. The van der Waals surface area contributed by atoms with E-state index in [0.29, 0.717) is 0 Å². The first kappa shape index (κ1) is 11.8. The third-order valence-electron chi connectivity index (χ3n) is 1.51. The van der Waals surface area contributed by atoms with Gasteiger partial charge in [0, 0.05) is 9.38 Å². The van der Waals surface area contributed by atoms with Crippen LogP contribution in [-0.2, 0) is 6.18 Å². The molecule has 0 aliphatic carbocycles. The van der Waals surface area contributed by atoms with Gasteiger partial charge in [0.15, 0.2) is 0 Å². The van der Waals surface area contributed by atoms with Crippen molar-refractivity contribution < 1.29 is 17.6 Å². The molecule has 0 atom stereocenters. The lowest BCUT2D eigenvalue weighted by atomic mass is 10.2. The van der Waals surface area contributed by atoms with Crippen molar-refractivity contribution in [1.29, 1.82) is 0 Å². The van der Waals surface area contributed by atoms with Crippen LogP contribution in [0.5, 0.6) is 0 Å². The lowest BCUT2D eigenvalue weighted by Crippen LogP contribution is -2.09. The minimum atomic E-state index is -4.84. The molecular weight excluding hydrogens is 282 g/mol. The monoisotopic (exact) mass is 283 g/mol. The normalized spacial score (nSPS) is 11.0. The highest BCUT2D eigenvalue weighted by molar-refractivity contribution is 9.10. The van der Waals surface area contributed by atoms with Gasteiger partial charge in [-0.3, -0.25) is 0 Å². The van der Waals surface area contributed by atoms with Crippen LogP contribution in [0.3, 0.4) is 0 Å². The quantitative estimate of drug-likeness (QED) is 0.314. The summed E-state index contributed by atoms with van der Waals surface area (Å²) in [4.78, 5) is 2.22. The van der Waals surface area contributed by atoms with E-state index in [1.165, 1.54) is 0 Å². The zero-order chi connectivity index (χ0) is 11.6. The molecule has 0 spiro atoms. The molecule has 3 nitrogen and oxygen atoms in total. The van der Waals surface area contributed by atoms with E-state index in [-0.39, 0.29) is 0 Å². The molecule has 0 aliphatic heterocycles. The van der Waals surface area contributed by atoms with Gasteiger partial charge in [-0.05, 0) is 17.7 Å². The molecule has 0 fully saturated rings. The number of halogens is 5. The van der Waals surface area contributed by atoms with E-state index in [1.807, 2.05) is 0 Å². The summed E-state index contributed by atoms with van der Waals surface area (Å²) in [6.45, 7) is 0. The Kier molecular flexibility index (Phi) is 3.21. The van der Waals surface area contributed by atoms with E-state index in [9.17, 15) is 17.6 Å². The molecule has 0 radical (unpaired) electrons. The van der Waals surface area contributed by atoms with E-state index in [0.717, 1.165) is 12.1 Å². The van der Waals surface area contributed by atoms with Crippen LogP contribution in [0.4, 0.5) is 23.2 Å². The van der Waals surface area contributed by atoms with Crippen LogP contribution in [0.1, 0.15) is 5.56 Å². The first-order valence-corrected chi connectivity index (χ1v) is 4.27. The van der Waals surface area contributed by atoms with Crippen molar-refractivity contribution in [3.05, 3.63) is 38.4 Å². The molecule has 8 heteroatoms. The fraction of sp³-hybridized carbons (Fsp3) is 0.143. The standard InChI is InChI=1S/C7H2BrF4N3/c8-3-1-2-4(14-15-13)6(9)5(3)7(10,11)12/h1-2H. The van der Waals surface area contributed by atoms with Crippen LogP contribution in [0.2, 0.25) is 0 Å². The average Bonchev–Trinajstić information content (AvgIpc) is 2.08.